The second-order valence-corrected chi connectivity index (χ2v) is 8.59. The van der Waals surface area contributed by atoms with E-state index < -0.39 is 0 Å². The number of anilines is 1. The van der Waals surface area contributed by atoms with E-state index in [9.17, 15) is 4.79 Å². The van der Waals surface area contributed by atoms with Crippen LogP contribution in [0.2, 0.25) is 0 Å². The van der Waals surface area contributed by atoms with Crippen molar-refractivity contribution in [2.45, 2.75) is 58.4 Å². The summed E-state index contributed by atoms with van der Waals surface area (Å²) in [5.74, 6) is 1.54. The molecule has 0 atom stereocenters. The Labute approximate surface area is 162 Å². The fourth-order valence-electron chi connectivity index (χ4n) is 3.47. The Morgan fingerprint density at radius 1 is 1.22 bits per heavy atom. The van der Waals surface area contributed by atoms with Gasteiger partial charge in [-0.05, 0) is 43.8 Å². The van der Waals surface area contributed by atoms with Crippen LogP contribution >= 0.6 is 0 Å². The first-order valence-corrected chi connectivity index (χ1v) is 10.0. The number of carbonyl (C=O) groups is 1. The van der Waals surface area contributed by atoms with Crippen LogP contribution in [-0.4, -0.2) is 28.8 Å². The molecule has 1 saturated heterocycles. The van der Waals surface area contributed by atoms with Gasteiger partial charge in [0.05, 0.1) is 12.2 Å². The van der Waals surface area contributed by atoms with Crippen molar-refractivity contribution >= 4 is 11.7 Å². The van der Waals surface area contributed by atoms with Crippen LogP contribution in [0.4, 0.5) is 5.82 Å². The third-order valence-electron chi connectivity index (χ3n) is 5.23. The van der Waals surface area contributed by atoms with Gasteiger partial charge in [-0.15, -0.1) is 0 Å². The van der Waals surface area contributed by atoms with Crippen molar-refractivity contribution in [3.05, 3.63) is 47.7 Å². The summed E-state index contributed by atoms with van der Waals surface area (Å²) in [6.07, 6.45) is 3.89. The number of rotatable bonds is 6. The molecule has 27 heavy (non-hydrogen) atoms. The second kappa shape index (κ2) is 8.70. The Morgan fingerprint density at radius 2 is 1.93 bits per heavy atom. The van der Waals surface area contributed by atoms with E-state index in [1.807, 2.05) is 28.9 Å². The number of piperidine rings is 1. The number of aromatic nitrogens is 2. The lowest BCUT2D eigenvalue weighted by molar-refractivity contribution is -0.116. The molecule has 0 saturated carbocycles. The van der Waals surface area contributed by atoms with Gasteiger partial charge in [0.1, 0.15) is 5.82 Å². The van der Waals surface area contributed by atoms with Gasteiger partial charge < -0.3 is 10.6 Å². The zero-order chi connectivity index (χ0) is 19.3. The van der Waals surface area contributed by atoms with Crippen molar-refractivity contribution in [1.82, 2.24) is 15.1 Å². The van der Waals surface area contributed by atoms with E-state index >= 15 is 0 Å². The average Bonchev–Trinajstić information content (AvgIpc) is 3.04. The number of hydrogen-bond acceptors (Lipinski definition) is 3. The molecule has 5 heteroatoms. The normalized spacial score (nSPS) is 15.7. The smallest absolute Gasteiger partial charge is 0.225 e. The van der Waals surface area contributed by atoms with Crippen LogP contribution in [0, 0.1) is 5.92 Å². The minimum Gasteiger partial charge on any atom is -0.317 e. The Bertz CT molecular complexity index is 739. The SMILES string of the molecule is CC(C)(C)c1cc(NC(=O)CCC2CCNCC2)n(Cc2ccccc2)n1. The number of nitrogens with one attached hydrogen (secondary N) is 2. The molecule has 1 aromatic carbocycles. The molecule has 0 spiro atoms. The van der Waals surface area contributed by atoms with Crippen LogP contribution < -0.4 is 10.6 Å². The molecule has 146 valence electrons. The lowest BCUT2D eigenvalue weighted by Crippen LogP contribution is -2.28. The molecule has 0 radical (unpaired) electrons. The first kappa shape index (κ1) is 19.6. The van der Waals surface area contributed by atoms with Crippen LogP contribution in [-0.2, 0) is 16.8 Å². The highest BCUT2D eigenvalue weighted by atomic mass is 16.1. The molecular formula is C22H32N4O. The maximum atomic E-state index is 12.6. The summed E-state index contributed by atoms with van der Waals surface area (Å²) in [4.78, 5) is 12.6. The highest BCUT2D eigenvalue weighted by Crippen LogP contribution is 2.25. The van der Waals surface area contributed by atoms with Crippen LogP contribution in [0.25, 0.3) is 0 Å². The third kappa shape index (κ3) is 5.67. The van der Waals surface area contributed by atoms with E-state index in [-0.39, 0.29) is 11.3 Å². The number of benzene rings is 1. The van der Waals surface area contributed by atoms with Gasteiger partial charge in [-0.3, -0.25) is 4.79 Å². The third-order valence-corrected chi connectivity index (χ3v) is 5.23. The Morgan fingerprint density at radius 3 is 2.59 bits per heavy atom. The maximum absolute atomic E-state index is 12.6. The van der Waals surface area contributed by atoms with Crippen LogP contribution in [0.15, 0.2) is 36.4 Å². The van der Waals surface area contributed by atoms with Gasteiger partial charge in [-0.25, -0.2) is 4.68 Å². The van der Waals surface area contributed by atoms with Crippen molar-refractivity contribution in [3.63, 3.8) is 0 Å². The van der Waals surface area contributed by atoms with Gasteiger partial charge in [0.15, 0.2) is 0 Å². The summed E-state index contributed by atoms with van der Waals surface area (Å²) in [5.41, 5.74) is 2.11. The van der Waals surface area contributed by atoms with Gasteiger partial charge in [0.25, 0.3) is 0 Å². The second-order valence-electron chi connectivity index (χ2n) is 8.59. The van der Waals surface area contributed by atoms with Gasteiger partial charge in [0.2, 0.25) is 5.91 Å². The van der Waals surface area contributed by atoms with Crippen LogP contribution in [0.3, 0.4) is 0 Å². The van der Waals surface area contributed by atoms with Crippen LogP contribution in [0.5, 0.6) is 0 Å². The van der Waals surface area contributed by atoms with E-state index in [0.717, 1.165) is 31.0 Å². The van der Waals surface area contributed by atoms with Crippen molar-refractivity contribution < 1.29 is 4.79 Å². The van der Waals surface area contributed by atoms with Crippen LogP contribution in [0.1, 0.15) is 57.7 Å². The summed E-state index contributed by atoms with van der Waals surface area (Å²) in [6.45, 7) is 9.23. The number of nitrogens with zero attached hydrogens (tertiary/aromatic N) is 2. The first-order chi connectivity index (χ1) is 12.9. The number of amides is 1. The molecule has 0 aliphatic carbocycles. The summed E-state index contributed by atoms with van der Waals surface area (Å²) in [6, 6.07) is 12.3. The van der Waals surface area contributed by atoms with Crippen molar-refractivity contribution in [1.29, 1.82) is 0 Å². The Kier molecular flexibility index (Phi) is 6.32. The predicted octanol–water partition coefficient (Wildman–Crippen LogP) is 3.95. The molecular weight excluding hydrogens is 336 g/mol. The van der Waals surface area contributed by atoms with Crippen molar-refractivity contribution in [3.8, 4) is 0 Å². The van der Waals surface area contributed by atoms with Gasteiger partial charge in [0, 0.05) is 17.9 Å². The fourth-order valence-corrected chi connectivity index (χ4v) is 3.47. The molecule has 1 fully saturated rings. The average molecular weight is 369 g/mol. The lowest BCUT2D eigenvalue weighted by atomic mass is 9.92. The van der Waals surface area contributed by atoms with Gasteiger partial charge in [-0.1, -0.05) is 51.1 Å². The molecule has 1 aromatic heterocycles. The highest BCUT2D eigenvalue weighted by molar-refractivity contribution is 5.89. The molecule has 0 unspecified atom stereocenters. The van der Waals surface area contributed by atoms with Crippen molar-refractivity contribution in [2.24, 2.45) is 5.92 Å². The summed E-state index contributed by atoms with van der Waals surface area (Å²) in [7, 11) is 0. The predicted molar refractivity (Wildman–Crippen MR) is 110 cm³/mol. The van der Waals surface area contributed by atoms with E-state index in [1.165, 1.54) is 18.4 Å². The lowest BCUT2D eigenvalue weighted by Gasteiger charge is -2.22. The Balaban J connectivity index is 1.68. The molecule has 2 aromatic rings. The zero-order valence-electron chi connectivity index (χ0n) is 16.8. The summed E-state index contributed by atoms with van der Waals surface area (Å²) >= 11 is 0. The van der Waals surface area contributed by atoms with E-state index in [4.69, 9.17) is 5.10 Å². The molecule has 1 aliphatic heterocycles. The largest absolute Gasteiger partial charge is 0.317 e. The minimum absolute atomic E-state index is 0.0590. The number of hydrogen-bond donors (Lipinski definition) is 2. The monoisotopic (exact) mass is 368 g/mol. The number of carbonyl (C=O) groups excluding carboxylic acids is 1. The molecule has 3 rings (SSSR count). The van der Waals surface area contributed by atoms with E-state index in [0.29, 0.717) is 18.9 Å². The molecule has 0 bridgehead atoms. The minimum atomic E-state index is -0.0590. The van der Waals surface area contributed by atoms with E-state index in [2.05, 4.69) is 43.5 Å². The quantitative estimate of drug-likeness (QED) is 0.812. The standard InChI is InChI=1S/C22H32N4O/c1-22(2,3)19-15-20(26(25-19)16-18-7-5-4-6-8-18)24-21(27)10-9-17-11-13-23-14-12-17/h4-8,15,17,23H,9-14,16H2,1-3H3,(H,24,27). The molecule has 2 heterocycles. The summed E-state index contributed by atoms with van der Waals surface area (Å²) in [5, 5.41) is 11.3. The molecule has 2 N–H and O–H groups in total. The topological polar surface area (TPSA) is 59.0 Å². The first-order valence-electron chi connectivity index (χ1n) is 10.0. The molecule has 5 nitrogen and oxygen atoms in total. The zero-order valence-corrected chi connectivity index (χ0v) is 16.8. The summed E-state index contributed by atoms with van der Waals surface area (Å²) < 4.78 is 1.92. The Hall–Kier alpha value is -2.14. The van der Waals surface area contributed by atoms with Gasteiger partial charge >= 0.3 is 0 Å². The molecule has 1 aliphatic rings. The molecule has 1 amide bonds. The van der Waals surface area contributed by atoms with Gasteiger partial charge in [-0.2, -0.15) is 5.10 Å². The van der Waals surface area contributed by atoms with Crippen molar-refractivity contribution in [2.75, 3.05) is 18.4 Å². The highest BCUT2D eigenvalue weighted by Gasteiger charge is 2.21. The fraction of sp³-hybridized carbons (Fsp3) is 0.545. The maximum Gasteiger partial charge on any atom is 0.225 e. The van der Waals surface area contributed by atoms with E-state index in [1.54, 1.807) is 0 Å².